The molecule has 1 N–H and O–H groups in total. The van der Waals surface area contributed by atoms with Gasteiger partial charge in [0.2, 0.25) is 0 Å². The Morgan fingerprint density at radius 1 is 1.17 bits per heavy atom. The first-order valence-corrected chi connectivity index (χ1v) is 6.63. The minimum atomic E-state index is 0.735. The SMILES string of the molecule is Cc1ccc(N/N=C/c2ccc(Br)cc2)cc1Cl. The van der Waals surface area contributed by atoms with E-state index in [1.165, 1.54) is 0 Å². The van der Waals surface area contributed by atoms with Crippen LogP contribution >= 0.6 is 27.5 Å². The molecule has 92 valence electrons. The van der Waals surface area contributed by atoms with Crippen LogP contribution in [0.15, 0.2) is 52.0 Å². The van der Waals surface area contributed by atoms with E-state index in [9.17, 15) is 0 Å². The van der Waals surface area contributed by atoms with Crippen LogP contribution in [0.25, 0.3) is 0 Å². The van der Waals surface area contributed by atoms with Gasteiger partial charge < -0.3 is 0 Å². The van der Waals surface area contributed by atoms with Gasteiger partial charge in [-0.1, -0.05) is 45.7 Å². The molecule has 2 rings (SSSR count). The smallest absolute Gasteiger partial charge is 0.0576 e. The van der Waals surface area contributed by atoms with Crippen molar-refractivity contribution in [3.63, 3.8) is 0 Å². The largest absolute Gasteiger partial charge is 0.278 e. The number of nitrogens with zero attached hydrogens (tertiary/aromatic N) is 1. The summed E-state index contributed by atoms with van der Waals surface area (Å²) in [7, 11) is 0. The molecule has 18 heavy (non-hydrogen) atoms. The van der Waals surface area contributed by atoms with Crippen LogP contribution in [-0.4, -0.2) is 6.21 Å². The second-order valence-corrected chi connectivity index (χ2v) is 5.21. The quantitative estimate of drug-likeness (QED) is 0.633. The highest BCUT2D eigenvalue weighted by molar-refractivity contribution is 9.10. The van der Waals surface area contributed by atoms with Crippen molar-refractivity contribution in [2.45, 2.75) is 6.92 Å². The Labute approximate surface area is 120 Å². The van der Waals surface area contributed by atoms with Gasteiger partial charge in [-0.15, -0.1) is 0 Å². The highest BCUT2D eigenvalue weighted by Crippen LogP contribution is 2.19. The number of anilines is 1. The molecule has 2 aromatic carbocycles. The molecular weight excluding hydrogens is 312 g/mol. The summed E-state index contributed by atoms with van der Waals surface area (Å²) in [4.78, 5) is 0. The first-order valence-electron chi connectivity index (χ1n) is 5.46. The average molecular weight is 324 g/mol. The second-order valence-electron chi connectivity index (χ2n) is 3.89. The van der Waals surface area contributed by atoms with Gasteiger partial charge in [-0.25, -0.2) is 0 Å². The zero-order valence-corrected chi connectivity index (χ0v) is 12.2. The second kappa shape index (κ2) is 6.03. The van der Waals surface area contributed by atoms with E-state index in [1.54, 1.807) is 6.21 Å². The average Bonchev–Trinajstić information content (AvgIpc) is 2.36. The van der Waals surface area contributed by atoms with E-state index in [0.717, 1.165) is 26.3 Å². The molecule has 0 bridgehead atoms. The maximum Gasteiger partial charge on any atom is 0.0576 e. The van der Waals surface area contributed by atoms with Crippen molar-refractivity contribution >= 4 is 39.4 Å². The lowest BCUT2D eigenvalue weighted by Crippen LogP contribution is -1.91. The Morgan fingerprint density at radius 2 is 1.89 bits per heavy atom. The Kier molecular flexibility index (Phi) is 4.39. The summed E-state index contributed by atoms with van der Waals surface area (Å²) in [6.07, 6.45) is 1.76. The third kappa shape index (κ3) is 3.59. The number of aryl methyl sites for hydroxylation is 1. The van der Waals surface area contributed by atoms with Crippen LogP contribution in [0.5, 0.6) is 0 Å². The lowest BCUT2D eigenvalue weighted by molar-refractivity contribution is 1.34. The first-order chi connectivity index (χ1) is 8.65. The van der Waals surface area contributed by atoms with Gasteiger partial charge in [-0.05, 0) is 42.3 Å². The van der Waals surface area contributed by atoms with Gasteiger partial charge >= 0.3 is 0 Å². The lowest BCUT2D eigenvalue weighted by atomic mass is 10.2. The molecule has 4 heteroatoms. The minimum absolute atomic E-state index is 0.735. The number of nitrogens with one attached hydrogen (secondary N) is 1. The maximum atomic E-state index is 6.03. The molecule has 0 amide bonds. The van der Waals surface area contributed by atoms with E-state index in [2.05, 4.69) is 26.5 Å². The molecule has 0 radical (unpaired) electrons. The maximum absolute atomic E-state index is 6.03. The summed E-state index contributed by atoms with van der Waals surface area (Å²) < 4.78 is 1.05. The van der Waals surface area contributed by atoms with Gasteiger partial charge in [0.1, 0.15) is 0 Å². The fourth-order valence-electron chi connectivity index (χ4n) is 1.39. The fourth-order valence-corrected chi connectivity index (χ4v) is 1.84. The van der Waals surface area contributed by atoms with E-state index >= 15 is 0 Å². The fraction of sp³-hybridized carbons (Fsp3) is 0.0714. The number of halogens is 2. The molecule has 0 saturated carbocycles. The summed E-state index contributed by atoms with van der Waals surface area (Å²) in [6, 6.07) is 13.7. The van der Waals surface area contributed by atoms with E-state index < -0.39 is 0 Å². The Hall–Kier alpha value is -1.32. The molecule has 0 unspecified atom stereocenters. The summed E-state index contributed by atoms with van der Waals surface area (Å²) in [5.41, 5.74) is 5.91. The number of hydrogen-bond donors (Lipinski definition) is 1. The summed E-state index contributed by atoms with van der Waals surface area (Å²) >= 11 is 9.42. The summed E-state index contributed by atoms with van der Waals surface area (Å²) in [6.45, 7) is 1.97. The number of hydrazone groups is 1. The number of benzene rings is 2. The van der Waals surface area contributed by atoms with Gasteiger partial charge in [0.25, 0.3) is 0 Å². The molecule has 0 saturated heterocycles. The van der Waals surface area contributed by atoms with Crippen LogP contribution in [0.1, 0.15) is 11.1 Å². The highest BCUT2D eigenvalue weighted by atomic mass is 79.9. The zero-order valence-electron chi connectivity index (χ0n) is 9.82. The zero-order chi connectivity index (χ0) is 13.0. The summed E-state index contributed by atoms with van der Waals surface area (Å²) in [5.74, 6) is 0. The third-order valence-electron chi connectivity index (χ3n) is 2.45. The van der Waals surface area contributed by atoms with E-state index in [-0.39, 0.29) is 0 Å². The molecule has 0 atom stereocenters. The van der Waals surface area contributed by atoms with Crippen LogP contribution in [0.4, 0.5) is 5.69 Å². The van der Waals surface area contributed by atoms with Crippen molar-refractivity contribution in [3.8, 4) is 0 Å². The first kappa shape index (κ1) is 13.1. The topological polar surface area (TPSA) is 24.4 Å². The van der Waals surface area contributed by atoms with Crippen LogP contribution < -0.4 is 5.43 Å². The predicted octanol–water partition coefficient (Wildman–Crippen LogP) is 4.86. The van der Waals surface area contributed by atoms with Gasteiger partial charge in [-0.3, -0.25) is 5.43 Å². The molecule has 0 aliphatic rings. The van der Waals surface area contributed by atoms with E-state index in [1.807, 2.05) is 49.4 Å². The molecule has 0 aromatic heterocycles. The Bertz CT molecular complexity index is 565. The lowest BCUT2D eigenvalue weighted by Gasteiger charge is -2.02. The van der Waals surface area contributed by atoms with Gasteiger partial charge in [0.05, 0.1) is 11.9 Å². The molecule has 2 aromatic rings. The van der Waals surface area contributed by atoms with Gasteiger partial charge in [0, 0.05) is 9.50 Å². The molecule has 2 nitrogen and oxygen atoms in total. The standard InChI is InChI=1S/C14H12BrClN2/c1-10-2-7-13(8-14(10)16)18-17-9-11-3-5-12(15)6-4-11/h2-9,18H,1H3/b17-9+. The number of hydrogen-bond acceptors (Lipinski definition) is 2. The molecule has 0 fully saturated rings. The monoisotopic (exact) mass is 322 g/mol. The van der Waals surface area contributed by atoms with Crippen molar-refractivity contribution in [2.24, 2.45) is 5.10 Å². The van der Waals surface area contributed by atoms with Crippen LogP contribution in [0.2, 0.25) is 5.02 Å². The van der Waals surface area contributed by atoms with E-state index in [0.29, 0.717) is 0 Å². The molecule has 0 heterocycles. The molecular formula is C14H12BrClN2. The predicted molar refractivity (Wildman–Crippen MR) is 81.5 cm³/mol. The van der Waals surface area contributed by atoms with Gasteiger partial charge in [-0.2, -0.15) is 5.10 Å². The minimum Gasteiger partial charge on any atom is -0.278 e. The van der Waals surface area contributed by atoms with Crippen molar-refractivity contribution < 1.29 is 0 Å². The normalized spacial score (nSPS) is 10.8. The van der Waals surface area contributed by atoms with Gasteiger partial charge in [0.15, 0.2) is 0 Å². The summed E-state index contributed by atoms with van der Waals surface area (Å²) in [5, 5.41) is 4.90. The van der Waals surface area contributed by atoms with Crippen LogP contribution in [-0.2, 0) is 0 Å². The van der Waals surface area contributed by atoms with Crippen molar-refractivity contribution in [3.05, 3.63) is 63.1 Å². The Balaban J connectivity index is 2.02. The number of rotatable bonds is 3. The van der Waals surface area contributed by atoms with Crippen LogP contribution in [0.3, 0.4) is 0 Å². The molecule has 0 aliphatic carbocycles. The van der Waals surface area contributed by atoms with Crippen molar-refractivity contribution in [1.82, 2.24) is 0 Å². The highest BCUT2D eigenvalue weighted by Gasteiger charge is 1.96. The molecule has 0 spiro atoms. The molecule has 0 aliphatic heterocycles. The third-order valence-corrected chi connectivity index (χ3v) is 3.38. The van der Waals surface area contributed by atoms with E-state index in [4.69, 9.17) is 11.6 Å². The van der Waals surface area contributed by atoms with Crippen molar-refractivity contribution in [2.75, 3.05) is 5.43 Å². The Morgan fingerprint density at radius 3 is 2.56 bits per heavy atom. The van der Waals surface area contributed by atoms with Crippen LogP contribution in [0, 0.1) is 6.92 Å². The van der Waals surface area contributed by atoms with Crippen molar-refractivity contribution in [1.29, 1.82) is 0 Å².